The Labute approximate surface area is 187 Å². The molecule has 0 spiro atoms. The molecule has 1 fully saturated rings. The third-order valence-corrected chi connectivity index (χ3v) is 6.61. The Morgan fingerprint density at radius 2 is 1.74 bits per heavy atom. The van der Waals surface area contributed by atoms with E-state index in [9.17, 15) is 9.59 Å². The van der Waals surface area contributed by atoms with Crippen LogP contribution in [0, 0.1) is 0 Å². The van der Waals surface area contributed by atoms with Crippen LogP contribution in [0.1, 0.15) is 97.7 Å². The van der Waals surface area contributed by atoms with Crippen molar-refractivity contribution in [1.29, 1.82) is 0 Å². The molecule has 1 aliphatic heterocycles. The summed E-state index contributed by atoms with van der Waals surface area (Å²) in [6.45, 7) is 10.9. The van der Waals surface area contributed by atoms with Crippen molar-refractivity contribution < 1.29 is 19.5 Å². The van der Waals surface area contributed by atoms with Gasteiger partial charge < -0.3 is 10.4 Å². The average molecular weight is 433 g/mol. The fourth-order valence-corrected chi connectivity index (χ4v) is 4.93. The number of piperidine rings is 1. The zero-order valence-corrected chi connectivity index (χ0v) is 19.8. The van der Waals surface area contributed by atoms with Gasteiger partial charge in [-0.3, -0.25) is 14.4 Å². The minimum Gasteiger partial charge on any atom is -0.481 e. The maximum absolute atomic E-state index is 12.5. The summed E-state index contributed by atoms with van der Waals surface area (Å²) >= 11 is 0. The highest BCUT2D eigenvalue weighted by molar-refractivity contribution is 5.76. The summed E-state index contributed by atoms with van der Waals surface area (Å²) < 4.78 is 0. The molecule has 0 aromatic heterocycles. The molecule has 1 aliphatic rings. The van der Waals surface area contributed by atoms with Crippen LogP contribution in [0.2, 0.25) is 0 Å². The Morgan fingerprint density at radius 3 is 2.32 bits per heavy atom. The van der Waals surface area contributed by atoms with Crippen molar-refractivity contribution >= 4 is 11.9 Å². The molecule has 0 aliphatic carbocycles. The molecule has 6 nitrogen and oxygen atoms in total. The topological polar surface area (TPSA) is 78.9 Å². The van der Waals surface area contributed by atoms with Gasteiger partial charge in [0.25, 0.3) is 0 Å². The molecular formula is C25H40N2O4. The van der Waals surface area contributed by atoms with Crippen LogP contribution in [0.15, 0.2) is 30.3 Å². The van der Waals surface area contributed by atoms with E-state index in [0.29, 0.717) is 19.3 Å². The minimum atomic E-state index is -0.810. The molecule has 0 saturated carbocycles. The lowest BCUT2D eigenvalue weighted by atomic mass is 9.74. The minimum absolute atomic E-state index is 0.0133. The van der Waals surface area contributed by atoms with Gasteiger partial charge in [0.05, 0.1) is 0 Å². The number of hydrogen-bond acceptors (Lipinski definition) is 4. The van der Waals surface area contributed by atoms with Gasteiger partial charge in [0, 0.05) is 30.0 Å². The van der Waals surface area contributed by atoms with E-state index in [2.05, 4.69) is 57.1 Å². The number of rotatable bonds is 11. The van der Waals surface area contributed by atoms with Gasteiger partial charge in [0.1, 0.15) is 6.10 Å². The second-order valence-electron chi connectivity index (χ2n) is 9.47. The van der Waals surface area contributed by atoms with Crippen molar-refractivity contribution in [2.24, 2.45) is 0 Å². The number of carboxylic acids is 1. The molecule has 6 heteroatoms. The molecule has 1 heterocycles. The number of aliphatic carboxylic acids is 1. The molecule has 1 saturated heterocycles. The van der Waals surface area contributed by atoms with Gasteiger partial charge in [-0.2, -0.15) is 5.06 Å². The highest BCUT2D eigenvalue weighted by atomic mass is 16.7. The molecule has 0 radical (unpaired) electrons. The summed E-state index contributed by atoms with van der Waals surface area (Å²) in [5.41, 5.74) is 0.747. The Morgan fingerprint density at radius 1 is 1.13 bits per heavy atom. The molecule has 1 amide bonds. The fourth-order valence-electron chi connectivity index (χ4n) is 4.93. The van der Waals surface area contributed by atoms with Crippen LogP contribution in [-0.2, 0) is 14.4 Å². The normalized spacial score (nSPS) is 21.4. The summed E-state index contributed by atoms with van der Waals surface area (Å²) in [5, 5.41) is 14.2. The van der Waals surface area contributed by atoms with E-state index >= 15 is 0 Å². The van der Waals surface area contributed by atoms with E-state index in [1.807, 2.05) is 18.2 Å². The SMILES string of the molecule is CCC1(CC)CC(NC(=O)CCCCC(=O)O)CC(C)(C)N1OC(C)c1ccccc1. The molecular weight excluding hydrogens is 392 g/mol. The van der Waals surface area contributed by atoms with Gasteiger partial charge in [-0.1, -0.05) is 44.2 Å². The lowest BCUT2D eigenvalue weighted by Gasteiger charge is -2.57. The number of hydroxylamine groups is 2. The van der Waals surface area contributed by atoms with Gasteiger partial charge in [-0.05, 0) is 64.9 Å². The first kappa shape index (κ1) is 25.3. The summed E-state index contributed by atoms with van der Waals surface area (Å²) in [4.78, 5) is 29.8. The average Bonchev–Trinajstić information content (AvgIpc) is 2.73. The second-order valence-corrected chi connectivity index (χ2v) is 9.47. The number of carbonyl (C=O) groups is 2. The molecule has 2 atom stereocenters. The highest BCUT2D eigenvalue weighted by Crippen LogP contribution is 2.44. The van der Waals surface area contributed by atoms with Crippen LogP contribution >= 0.6 is 0 Å². The molecule has 2 unspecified atom stereocenters. The van der Waals surface area contributed by atoms with Crippen LogP contribution in [0.4, 0.5) is 0 Å². The summed E-state index contributed by atoms with van der Waals surface area (Å²) in [5.74, 6) is -0.797. The van der Waals surface area contributed by atoms with Gasteiger partial charge in [0.2, 0.25) is 5.91 Å². The van der Waals surface area contributed by atoms with Gasteiger partial charge in [-0.25, -0.2) is 0 Å². The second kappa shape index (κ2) is 11.1. The van der Waals surface area contributed by atoms with Crippen LogP contribution in [0.25, 0.3) is 0 Å². The number of carbonyl (C=O) groups excluding carboxylic acids is 1. The van der Waals surface area contributed by atoms with Crippen molar-refractivity contribution in [2.75, 3.05) is 0 Å². The third-order valence-electron chi connectivity index (χ3n) is 6.61. The predicted molar refractivity (Wildman–Crippen MR) is 122 cm³/mol. The molecule has 174 valence electrons. The predicted octanol–water partition coefficient (Wildman–Crippen LogP) is 5.24. The fraction of sp³-hybridized carbons (Fsp3) is 0.680. The quantitative estimate of drug-likeness (QED) is 0.467. The van der Waals surface area contributed by atoms with Crippen LogP contribution < -0.4 is 5.32 Å². The van der Waals surface area contributed by atoms with Gasteiger partial charge in [0.15, 0.2) is 0 Å². The standard InChI is InChI=1S/C25H40N2O4/c1-6-25(7-2)18-21(26-22(28)15-11-12-16-23(29)30)17-24(4,5)27(25)31-19(3)20-13-9-8-10-14-20/h8-10,13-14,19,21H,6-7,11-12,15-18H2,1-5H3,(H,26,28)(H,29,30). The zero-order chi connectivity index (χ0) is 23.1. The molecule has 2 rings (SSSR count). The van der Waals surface area contributed by atoms with Crippen molar-refractivity contribution in [2.45, 2.75) is 109 Å². The molecule has 1 aromatic rings. The van der Waals surface area contributed by atoms with E-state index in [1.165, 1.54) is 0 Å². The number of nitrogens with one attached hydrogen (secondary N) is 1. The lowest BCUT2D eigenvalue weighted by Crippen LogP contribution is -2.66. The molecule has 31 heavy (non-hydrogen) atoms. The number of carboxylic acid groups (broad SMARTS) is 1. The number of benzene rings is 1. The van der Waals surface area contributed by atoms with E-state index in [-0.39, 0.29) is 35.6 Å². The Bertz CT molecular complexity index is 715. The Hall–Kier alpha value is -1.92. The third kappa shape index (κ3) is 6.78. The number of hydrogen-bond donors (Lipinski definition) is 2. The zero-order valence-electron chi connectivity index (χ0n) is 19.8. The maximum Gasteiger partial charge on any atom is 0.303 e. The summed E-state index contributed by atoms with van der Waals surface area (Å²) in [6, 6.07) is 10.3. The molecule has 2 N–H and O–H groups in total. The number of nitrogens with zero attached hydrogens (tertiary/aromatic N) is 1. The van der Waals surface area contributed by atoms with Crippen molar-refractivity contribution in [3.63, 3.8) is 0 Å². The first-order chi connectivity index (χ1) is 14.6. The van der Waals surface area contributed by atoms with Crippen LogP contribution in [0.5, 0.6) is 0 Å². The Kier molecular flexibility index (Phi) is 9.07. The largest absolute Gasteiger partial charge is 0.481 e. The van der Waals surface area contributed by atoms with Crippen LogP contribution in [-0.4, -0.2) is 39.2 Å². The smallest absolute Gasteiger partial charge is 0.303 e. The van der Waals surface area contributed by atoms with E-state index in [4.69, 9.17) is 9.94 Å². The molecule has 1 aromatic carbocycles. The van der Waals surface area contributed by atoms with Crippen molar-refractivity contribution in [3.05, 3.63) is 35.9 Å². The summed E-state index contributed by atoms with van der Waals surface area (Å²) in [7, 11) is 0. The highest BCUT2D eigenvalue weighted by Gasteiger charge is 2.50. The van der Waals surface area contributed by atoms with Gasteiger partial charge >= 0.3 is 5.97 Å². The van der Waals surface area contributed by atoms with Crippen molar-refractivity contribution in [3.8, 4) is 0 Å². The van der Waals surface area contributed by atoms with E-state index < -0.39 is 5.97 Å². The summed E-state index contributed by atoms with van der Waals surface area (Å²) in [6.07, 6.45) is 5.07. The Balaban J connectivity index is 2.08. The van der Waals surface area contributed by atoms with Gasteiger partial charge in [-0.15, -0.1) is 0 Å². The van der Waals surface area contributed by atoms with Crippen LogP contribution in [0.3, 0.4) is 0 Å². The van der Waals surface area contributed by atoms with Crippen molar-refractivity contribution in [1.82, 2.24) is 10.4 Å². The molecule has 0 bridgehead atoms. The first-order valence-electron chi connectivity index (χ1n) is 11.7. The van der Waals surface area contributed by atoms with E-state index in [1.54, 1.807) is 0 Å². The number of amides is 1. The maximum atomic E-state index is 12.5. The lowest BCUT2D eigenvalue weighted by molar-refractivity contribution is -0.316. The monoisotopic (exact) mass is 432 g/mol. The van der Waals surface area contributed by atoms with E-state index in [0.717, 1.165) is 31.2 Å². The first-order valence-corrected chi connectivity index (χ1v) is 11.7. The number of unbranched alkanes of at least 4 members (excludes halogenated alkanes) is 1.